The molecule has 0 amide bonds. The van der Waals surface area contributed by atoms with Gasteiger partial charge < -0.3 is 23.9 Å². The summed E-state index contributed by atoms with van der Waals surface area (Å²) in [6.45, 7) is 4.88. The minimum atomic E-state index is -0.887. The van der Waals surface area contributed by atoms with Gasteiger partial charge in [-0.2, -0.15) is 0 Å². The van der Waals surface area contributed by atoms with E-state index in [1.54, 1.807) is 20.8 Å². The lowest BCUT2D eigenvalue weighted by molar-refractivity contribution is 0.0516. The molecule has 1 N–H and O–H groups in total. The second kappa shape index (κ2) is 9.67. The number of H-pyrrole nitrogens is 1. The number of nitrogens with zero attached hydrogens (tertiary/aromatic N) is 3. The predicted molar refractivity (Wildman–Crippen MR) is 99.2 cm³/mol. The van der Waals surface area contributed by atoms with Crippen molar-refractivity contribution in [3.05, 3.63) is 33.9 Å². The highest BCUT2D eigenvalue weighted by molar-refractivity contribution is 6.01. The van der Waals surface area contributed by atoms with Gasteiger partial charge in [0.1, 0.15) is 5.69 Å². The molecule has 0 aliphatic carbocycles. The Bertz CT molecular complexity index is 975. The molecule has 0 spiro atoms. The Kier molecular flexibility index (Phi) is 7.28. The van der Waals surface area contributed by atoms with E-state index >= 15 is 0 Å². The third-order valence-electron chi connectivity index (χ3n) is 4.09. The SMILES string of the molecule is CCOC(=O)c1[nH]c(Cn2nnc(C(=O)OC)c2C(=O)OC)c(C(=O)OCC)c1C. The number of aromatic amines is 1. The number of hydrogen-bond donors (Lipinski definition) is 1. The van der Waals surface area contributed by atoms with Crippen LogP contribution in [0.25, 0.3) is 0 Å². The Morgan fingerprint density at radius 2 is 1.53 bits per heavy atom. The van der Waals surface area contributed by atoms with E-state index in [1.807, 2.05) is 0 Å². The number of esters is 4. The van der Waals surface area contributed by atoms with Gasteiger partial charge in [-0.3, -0.25) is 0 Å². The standard InChI is InChI=1S/C18H22N4O8/c1-6-29-15(23)11-9(3)12(17(25)30-7-2)19-10(11)8-22-14(18(26)28-5)13(20-21-22)16(24)27-4/h19H,6-8H2,1-5H3. The largest absolute Gasteiger partial charge is 0.464 e. The summed E-state index contributed by atoms with van der Waals surface area (Å²) < 4.78 is 20.4. The highest BCUT2D eigenvalue weighted by atomic mass is 16.5. The molecule has 2 rings (SSSR count). The van der Waals surface area contributed by atoms with E-state index in [4.69, 9.17) is 14.2 Å². The number of carbonyl (C=O) groups excluding carboxylic acids is 4. The van der Waals surface area contributed by atoms with Crippen molar-refractivity contribution in [1.29, 1.82) is 0 Å². The number of hydrogen-bond acceptors (Lipinski definition) is 10. The third-order valence-corrected chi connectivity index (χ3v) is 4.09. The Balaban J connectivity index is 2.59. The van der Waals surface area contributed by atoms with Gasteiger partial charge in [0.05, 0.1) is 45.2 Å². The number of carbonyl (C=O) groups is 4. The van der Waals surface area contributed by atoms with E-state index in [9.17, 15) is 19.2 Å². The number of methoxy groups -OCH3 is 2. The van der Waals surface area contributed by atoms with Gasteiger partial charge >= 0.3 is 23.9 Å². The molecular weight excluding hydrogens is 400 g/mol. The fourth-order valence-corrected chi connectivity index (χ4v) is 2.77. The van der Waals surface area contributed by atoms with Gasteiger partial charge in [0.2, 0.25) is 5.69 Å². The van der Waals surface area contributed by atoms with Gasteiger partial charge in [0.25, 0.3) is 0 Å². The maximum absolute atomic E-state index is 12.5. The first-order valence-electron chi connectivity index (χ1n) is 8.96. The average Bonchev–Trinajstić information content (AvgIpc) is 3.28. The van der Waals surface area contributed by atoms with Crippen molar-refractivity contribution in [2.24, 2.45) is 0 Å². The van der Waals surface area contributed by atoms with Crippen molar-refractivity contribution in [2.45, 2.75) is 27.3 Å². The Morgan fingerprint density at radius 1 is 0.933 bits per heavy atom. The van der Waals surface area contributed by atoms with E-state index in [2.05, 4.69) is 20.0 Å². The topological polar surface area (TPSA) is 152 Å². The number of ether oxygens (including phenoxy) is 4. The fraction of sp³-hybridized carbons (Fsp3) is 0.444. The predicted octanol–water partition coefficient (Wildman–Crippen LogP) is 0.890. The van der Waals surface area contributed by atoms with Crippen LogP contribution in [-0.4, -0.2) is 71.3 Å². The summed E-state index contributed by atoms with van der Waals surface area (Å²) in [7, 11) is 2.25. The summed E-state index contributed by atoms with van der Waals surface area (Å²) in [5.41, 5.74) is 0.0454. The van der Waals surface area contributed by atoms with Gasteiger partial charge in [0.15, 0.2) is 5.69 Å². The number of nitrogens with one attached hydrogen (secondary N) is 1. The lowest BCUT2D eigenvalue weighted by Gasteiger charge is -2.08. The first-order chi connectivity index (χ1) is 14.3. The van der Waals surface area contributed by atoms with Gasteiger partial charge in [-0.05, 0) is 26.3 Å². The summed E-state index contributed by atoms with van der Waals surface area (Å²) in [5, 5.41) is 7.47. The van der Waals surface area contributed by atoms with E-state index in [0.29, 0.717) is 5.56 Å². The lowest BCUT2D eigenvalue weighted by Crippen LogP contribution is -2.18. The smallest absolute Gasteiger partial charge is 0.361 e. The second-order valence-corrected chi connectivity index (χ2v) is 5.85. The molecule has 0 unspecified atom stereocenters. The molecule has 162 valence electrons. The van der Waals surface area contributed by atoms with Crippen LogP contribution in [0.4, 0.5) is 0 Å². The van der Waals surface area contributed by atoms with Crippen LogP contribution in [0.3, 0.4) is 0 Å². The zero-order chi connectivity index (χ0) is 22.4. The zero-order valence-electron chi connectivity index (χ0n) is 17.2. The van der Waals surface area contributed by atoms with E-state index in [-0.39, 0.29) is 48.1 Å². The minimum Gasteiger partial charge on any atom is -0.464 e. The first kappa shape index (κ1) is 22.6. The molecule has 0 radical (unpaired) electrons. The first-order valence-corrected chi connectivity index (χ1v) is 8.96. The number of rotatable bonds is 8. The van der Waals surface area contributed by atoms with Crippen molar-refractivity contribution in [3.8, 4) is 0 Å². The van der Waals surface area contributed by atoms with Gasteiger partial charge in [-0.1, -0.05) is 5.21 Å². The Hall–Kier alpha value is -3.70. The molecule has 0 saturated heterocycles. The van der Waals surface area contributed by atoms with Crippen LogP contribution in [-0.2, 0) is 25.5 Å². The van der Waals surface area contributed by atoms with Crippen molar-refractivity contribution >= 4 is 23.9 Å². The van der Waals surface area contributed by atoms with Gasteiger partial charge in [-0.25, -0.2) is 23.9 Å². The quantitative estimate of drug-likeness (QED) is 0.479. The number of aromatic nitrogens is 4. The average molecular weight is 422 g/mol. The van der Waals surface area contributed by atoms with Crippen molar-refractivity contribution in [1.82, 2.24) is 20.0 Å². The highest BCUT2D eigenvalue weighted by Gasteiger charge is 2.30. The van der Waals surface area contributed by atoms with Crippen molar-refractivity contribution in [3.63, 3.8) is 0 Å². The zero-order valence-corrected chi connectivity index (χ0v) is 17.2. The Morgan fingerprint density at radius 3 is 2.10 bits per heavy atom. The molecule has 0 aliphatic heterocycles. The third kappa shape index (κ3) is 4.31. The van der Waals surface area contributed by atoms with Crippen molar-refractivity contribution < 1.29 is 38.1 Å². The molecule has 2 heterocycles. The molecule has 0 saturated carbocycles. The normalized spacial score (nSPS) is 10.4. The molecule has 0 fully saturated rings. The van der Waals surface area contributed by atoms with E-state index in [1.165, 1.54) is 0 Å². The molecule has 0 bridgehead atoms. The molecule has 2 aromatic rings. The van der Waals surface area contributed by atoms with Crippen LogP contribution in [0.1, 0.15) is 66.9 Å². The summed E-state index contributed by atoms with van der Waals surface area (Å²) >= 11 is 0. The molecule has 12 heteroatoms. The monoisotopic (exact) mass is 422 g/mol. The van der Waals surface area contributed by atoms with Gasteiger partial charge in [0, 0.05) is 0 Å². The summed E-state index contributed by atoms with van der Waals surface area (Å²) in [4.78, 5) is 51.7. The molecule has 0 atom stereocenters. The summed E-state index contributed by atoms with van der Waals surface area (Å²) in [6, 6.07) is 0. The molecule has 30 heavy (non-hydrogen) atoms. The molecule has 0 aromatic carbocycles. The van der Waals surface area contributed by atoms with Crippen molar-refractivity contribution in [2.75, 3.05) is 27.4 Å². The fourth-order valence-electron chi connectivity index (χ4n) is 2.77. The van der Waals surface area contributed by atoms with Crippen LogP contribution in [0.15, 0.2) is 0 Å². The summed E-state index contributed by atoms with van der Waals surface area (Å²) in [5.74, 6) is -3.10. The van der Waals surface area contributed by atoms with Crippen LogP contribution in [0, 0.1) is 6.92 Å². The van der Waals surface area contributed by atoms with Crippen LogP contribution >= 0.6 is 0 Å². The molecule has 12 nitrogen and oxygen atoms in total. The molecular formula is C18H22N4O8. The lowest BCUT2D eigenvalue weighted by atomic mass is 10.1. The molecule has 2 aromatic heterocycles. The Labute approximate surface area is 171 Å². The van der Waals surface area contributed by atoms with Crippen LogP contribution in [0.5, 0.6) is 0 Å². The van der Waals surface area contributed by atoms with Crippen LogP contribution < -0.4 is 0 Å². The summed E-state index contributed by atoms with van der Waals surface area (Å²) in [6.07, 6.45) is 0. The van der Waals surface area contributed by atoms with E-state index in [0.717, 1.165) is 18.9 Å². The van der Waals surface area contributed by atoms with Gasteiger partial charge in [-0.15, -0.1) is 5.10 Å². The maximum atomic E-state index is 12.5. The minimum absolute atomic E-state index is 0.0582. The van der Waals surface area contributed by atoms with E-state index < -0.39 is 23.9 Å². The molecule has 0 aliphatic rings. The van der Waals surface area contributed by atoms with Crippen LogP contribution in [0.2, 0.25) is 0 Å². The maximum Gasteiger partial charge on any atom is 0.361 e. The highest BCUT2D eigenvalue weighted by Crippen LogP contribution is 2.22. The second-order valence-electron chi connectivity index (χ2n) is 5.85.